The van der Waals surface area contributed by atoms with Crippen molar-refractivity contribution in [2.75, 3.05) is 18.8 Å². The van der Waals surface area contributed by atoms with Crippen LogP contribution < -0.4 is 5.73 Å². The molecule has 17 heavy (non-hydrogen) atoms. The van der Waals surface area contributed by atoms with Crippen molar-refractivity contribution in [3.8, 4) is 0 Å². The molecule has 1 aromatic rings. The van der Waals surface area contributed by atoms with Crippen LogP contribution in [0.1, 0.15) is 26.3 Å². The van der Waals surface area contributed by atoms with Gasteiger partial charge in [-0.2, -0.15) is 0 Å². The zero-order chi connectivity index (χ0) is 12.7. The number of nitrogens with zero attached hydrogens (tertiary/aromatic N) is 1. The molecule has 1 aromatic carbocycles. The van der Waals surface area contributed by atoms with Crippen LogP contribution in [-0.2, 0) is 6.42 Å². The highest BCUT2D eigenvalue weighted by Crippen LogP contribution is 2.34. The number of hydrogen-bond donors (Lipinski definition) is 1. The third-order valence-corrected chi connectivity index (χ3v) is 3.40. The summed E-state index contributed by atoms with van der Waals surface area (Å²) in [5, 5.41) is 0. The standard InChI is InChI=1S/C14H21FN2/c1-13(2,3)17-9-14(15,10-17)8-11-4-6-12(16)7-5-11/h4-7H,8-10,16H2,1-3H3. The van der Waals surface area contributed by atoms with Crippen molar-refractivity contribution < 1.29 is 4.39 Å². The Morgan fingerprint density at radius 2 is 1.76 bits per heavy atom. The van der Waals surface area contributed by atoms with Crippen LogP contribution in [0.3, 0.4) is 0 Å². The second-order valence-electron chi connectivity index (χ2n) is 6.10. The summed E-state index contributed by atoms with van der Waals surface area (Å²) in [7, 11) is 0. The molecule has 0 atom stereocenters. The highest BCUT2D eigenvalue weighted by molar-refractivity contribution is 5.39. The number of anilines is 1. The van der Waals surface area contributed by atoms with Crippen LogP contribution in [-0.4, -0.2) is 29.2 Å². The molecule has 2 nitrogen and oxygen atoms in total. The fourth-order valence-electron chi connectivity index (χ4n) is 2.23. The summed E-state index contributed by atoms with van der Waals surface area (Å²) in [6, 6.07) is 7.49. The fourth-order valence-corrected chi connectivity index (χ4v) is 2.23. The molecule has 0 spiro atoms. The Hall–Kier alpha value is -1.09. The van der Waals surface area contributed by atoms with E-state index >= 15 is 0 Å². The second-order valence-corrected chi connectivity index (χ2v) is 6.10. The first-order valence-electron chi connectivity index (χ1n) is 6.07. The van der Waals surface area contributed by atoms with E-state index in [1.165, 1.54) is 0 Å². The lowest BCUT2D eigenvalue weighted by atomic mass is 9.85. The van der Waals surface area contributed by atoms with E-state index in [4.69, 9.17) is 5.73 Å². The molecule has 0 aliphatic carbocycles. The van der Waals surface area contributed by atoms with Crippen molar-refractivity contribution in [2.24, 2.45) is 0 Å². The van der Waals surface area contributed by atoms with E-state index in [0.717, 1.165) is 11.3 Å². The second kappa shape index (κ2) is 3.98. The van der Waals surface area contributed by atoms with Gasteiger partial charge in [0.15, 0.2) is 0 Å². The van der Waals surface area contributed by atoms with Gasteiger partial charge in [0, 0.05) is 30.7 Å². The van der Waals surface area contributed by atoms with Crippen LogP contribution >= 0.6 is 0 Å². The molecule has 1 saturated heterocycles. The van der Waals surface area contributed by atoms with E-state index in [2.05, 4.69) is 25.7 Å². The molecule has 0 aromatic heterocycles. The van der Waals surface area contributed by atoms with Gasteiger partial charge >= 0.3 is 0 Å². The quantitative estimate of drug-likeness (QED) is 0.800. The minimum atomic E-state index is -1.07. The Bertz CT molecular complexity index is 386. The van der Waals surface area contributed by atoms with Gasteiger partial charge in [-0.25, -0.2) is 4.39 Å². The molecule has 0 saturated carbocycles. The summed E-state index contributed by atoms with van der Waals surface area (Å²) in [5.74, 6) is 0. The number of alkyl halides is 1. The van der Waals surface area contributed by atoms with Gasteiger partial charge in [-0.3, -0.25) is 4.90 Å². The summed E-state index contributed by atoms with van der Waals surface area (Å²) >= 11 is 0. The number of benzene rings is 1. The minimum absolute atomic E-state index is 0.0662. The van der Waals surface area contributed by atoms with E-state index in [1.54, 1.807) is 0 Å². The maximum atomic E-state index is 14.4. The summed E-state index contributed by atoms with van der Waals surface area (Å²) in [4.78, 5) is 2.17. The number of hydrogen-bond acceptors (Lipinski definition) is 2. The monoisotopic (exact) mass is 236 g/mol. The first-order chi connectivity index (χ1) is 7.78. The SMILES string of the molecule is CC(C)(C)N1CC(F)(Cc2ccc(N)cc2)C1. The highest BCUT2D eigenvalue weighted by atomic mass is 19.1. The molecular formula is C14H21FN2. The van der Waals surface area contributed by atoms with Gasteiger partial charge in [0.1, 0.15) is 5.67 Å². The van der Waals surface area contributed by atoms with Gasteiger partial charge in [-0.05, 0) is 38.5 Å². The summed E-state index contributed by atoms with van der Waals surface area (Å²) in [5.41, 5.74) is 6.37. The van der Waals surface area contributed by atoms with Crippen LogP contribution in [0.5, 0.6) is 0 Å². The summed E-state index contributed by atoms with van der Waals surface area (Å²) < 4.78 is 14.4. The molecule has 1 aliphatic rings. The van der Waals surface area contributed by atoms with E-state index in [1.807, 2.05) is 24.3 Å². The van der Waals surface area contributed by atoms with Crippen molar-refractivity contribution in [3.63, 3.8) is 0 Å². The van der Waals surface area contributed by atoms with Gasteiger partial charge in [-0.15, -0.1) is 0 Å². The smallest absolute Gasteiger partial charge is 0.140 e. The number of nitrogens with two attached hydrogens (primary N) is 1. The number of halogens is 1. The maximum Gasteiger partial charge on any atom is 0.140 e. The number of nitrogen functional groups attached to an aromatic ring is 1. The molecule has 1 heterocycles. The molecule has 1 aliphatic heterocycles. The molecule has 2 N–H and O–H groups in total. The average Bonchev–Trinajstić information content (AvgIpc) is 2.16. The molecule has 0 bridgehead atoms. The lowest BCUT2D eigenvalue weighted by Gasteiger charge is -2.51. The van der Waals surface area contributed by atoms with Crippen molar-refractivity contribution in [1.82, 2.24) is 4.90 Å². The lowest BCUT2D eigenvalue weighted by molar-refractivity contribution is -0.0790. The Kier molecular flexibility index (Phi) is 2.90. The third-order valence-electron chi connectivity index (χ3n) is 3.40. The van der Waals surface area contributed by atoms with E-state index in [9.17, 15) is 4.39 Å². The molecule has 0 unspecified atom stereocenters. The van der Waals surface area contributed by atoms with Crippen molar-refractivity contribution in [1.29, 1.82) is 0 Å². The van der Waals surface area contributed by atoms with Crippen LogP contribution in [0.25, 0.3) is 0 Å². The predicted molar refractivity (Wildman–Crippen MR) is 69.7 cm³/mol. The predicted octanol–water partition coefficient (Wildman–Crippen LogP) is 2.63. The molecule has 3 heteroatoms. The fraction of sp³-hybridized carbons (Fsp3) is 0.571. The van der Waals surface area contributed by atoms with Crippen LogP contribution in [0, 0.1) is 0 Å². The number of rotatable bonds is 2. The highest BCUT2D eigenvalue weighted by Gasteiger charge is 2.47. The average molecular weight is 236 g/mol. The normalized spacial score (nSPS) is 20.0. The first-order valence-corrected chi connectivity index (χ1v) is 6.07. The van der Waals surface area contributed by atoms with Crippen molar-refractivity contribution in [3.05, 3.63) is 29.8 Å². The Balaban J connectivity index is 1.95. The van der Waals surface area contributed by atoms with Crippen LogP contribution in [0.4, 0.5) is 10.1 Å². The van der Waals surface area contributed by atoms with Gasteiger partial charge < -0.3 is 5.73 Å². The molecule has 94 valence electrons. The molecule has 0 radical (unpaired) electrons. The zero-order valence-corrected chi connectivity index (χ0v) is 10.8. The number of likely N-dealkylation sites (tertiary alicyclic amines) is 1. The van der Waals surface area contributed by atoms with E-state index in [0.29, 0.717) is 19.5 Å². The van der Waals surface area contributed by atoms with Crippen molar-refractivity contribution >= 4 is 5.69 Å². The van der Waals surface area contributed by atoms with Crippen LogP contribution in [0.15, 0.2) is 24.3 Å². The maximum absolute atomic E-state index is 14.4. The lowest BCUT2D eigenvalue weighted by Crippen LogP contribution is -2.65. The first kappa shape index (κ1) is 12.4. The largest absolute Gasteiger partial charge is 0.399 e. The third kappa shape index (κ3) is 2.78. The summed E-state index contributed by atoms with van der Waals surface area (Å²) in [6.45, 7) is 7.42. The van der Waals surface area contributed by atoms with Crippen molar-refractivity contribution in [2.45, 2.75) is 38.4 Å². The minimum Gasteiger partial charge on any atom is -0.399 e. The van der Waals surface area contributed by atoms with Gasteiger partial charge in [-0.1, -0.05) is 12.1 Å². The van der Waals surface area contributed by atoms with Gasteiger partial charge in [0.25, 0.3) is 0 Å². The Labute approximate surface area is 103 Å². The van der Waals surface area contributed by atoms with Gasteiger partial charge in [0.2, 0.25) is 0 Å². The summed E-state index contributed by atoms with van der Waals surface area (Å²) in [6.07, 6.45) is 0.486. The Morgan fingerprint density at radius 1 is 1.24 bits per heavy atom. The topological polar surface area (TPSA) is 29.3 Å². The van der Waals surface area contributed by atoms with E-state index in [-0.39, 0.29) is 5.54 Å². The molecular weight excluding hydrogens is 215 g/mol. The Morgan fingerprint density at radius 3 is 2.24 bits per heavy atom. The van der Waals surface area contributed by atoms with Crippen LogP contribution in [0.2, 0.25) is 0 Å². The molecule has 1 fully saturated rings. The van der Waals surface area contributed by atoms with E-state index < -0.39 is 5.67 Å². The van der Waals surface area contributed by atoms with Gasteiger partial charge in [0.05, 0.1) is 0 Å². The zero-order valence-electron chi connectivity index (χ0n) is 10.8. The molecule has 0 amide bonds. The molecule has 2 rings (SSSR count).